The summed E-state index contributed by atoms with van der Waals surface area (Å²) in [5.41, 5.74) is 0.961. The summed E-state index contributed by atoms with van der Waals surface area (Å²) in [5, 5.41) is 14.5. The van der Waals surface area contributed by atoms with Crippen molar-refractivity contribution >= 4 is 17.7 Å². The summed E-state index contributed by atoms with van der Waals surface area (Å²) in [7, 11) is 0. The van der Waals surface area contributed by atoms with E-state index < -0.39 is 0 Å². The molecule has 1 amide bonds. The number of amides is 1. The van der Waals surface area contributed by atoms with Crippen molar-refractivity contribution in [2.45, 2.75) is 23.6 Å². The van der Waals surface area contributed by atoms with Crippen LogP contribution in [0, 0.1) is 11.0 Å². The van der Waals surface area contributed by atoms with Gasteiger partial charge in [0.1, 0.15) is 5.82 Å². The second-order valence-corrected chi connectivity index (χ2v) is 6.15. The van der Waals surface area contributed by atoms with Crippen molar-refractivity contribution in [2.75, 3.05) is 6.54 Å². The minimum Gasteiger partial charge on any atom is -0.618 e. The predicted octanol–water partition coefficient (Wildman–Crippen LogP) is 2.30. The molecule has 2 rings (SSSR count). The highest BCUT2D eigenvalue weighted by Gasteiger charge is 2.18. The van der Waals surface area contributed by atoms with E-state index in [1.165, 1.54) is 30.1 Å². The van der Waals surface area contributed by atoms with Gasteiger partial charge in [0.15, 0.2) is 6.20 Å². The summed E-state index contributed by atoms with van der Waals surface area (Å²) in [4.78, 5) is 12.0. The highest BCUT2D eigenvalue weighted by Crippen LogP contribution is 2.19. The number of halogens is 1. The van der Waals surface area contributed by atoms with E-state index in [-0.39, 0.29) is 17.0 Å². The molecule has 0 bridgehead atoms. The maximum atomic E-state index is 12.8. The molecule has 116 valence electrons. The number of hydrogen-bond acceptors (Lipinski definition) is 3. The Kier molecular flexibility index (Phi) is 5.77. The Morgan fingerprint density at radius 1 is 1.32 bits per heavy atom. The lowest BCUT2D eigenvalue weighted by atomic mass is 10.1. The number of carbonyl (C=O) groups excluding carboxylic acids is 1. The van der Waals surface area contributed by atoms with E-state index in [1.54, 1.807) is 37.3 Å². The monoisotopic (exact) mass is 320 g/mol. The summed E-state index contributed by atoms with van der Waals surface area (Å²) in [5.74, 6) is -0.400. The van der Waals surface area contributed by atoms with Gasteiger partial charge in [-0.15, -0.1) is 0 Å². The number of carbonyl (C=O) groups is 1. The highest BCUT2D eigenvalue weighted by molar-refractivity contribution is 8.00. The van der Waals surface area contributed by atoms with Crippen LogP contribution in [0.5, 0.6) is 0 Å². The fourth-order valence-corrected chi connectivity index (χ4v) is 2.74. The fraction of sp³-hybridized carbons (Fsp3) is 0.250. The maximum absolute atomic E-state index is 12.8. The molecule has 0 aliphatic heterocycles. The van der Waals surface area contributed by atoms with Crippen LogP contribution >= 0.6 is 11.8 Å². The van der Waals surface area contributed by atoms with Crippen LogP contribution in [-0.2, 0) is 11.2 Å². The van der Waals surface area contributed by atoms with Crippen LogP contribution in [0.3, 0.4) is 0 Å². The lowest BCUT2D eigenvalue weighted by Gasteiger charge is -2.11. The van der Waals surface area contributed by atoms with Crippen molar-refractivity contribution in [1.29, 1.82) is 0 Å². The van der Waals surface area contributed by atoms with Gasteiger partial charge in [-0.25, -0.2) is 4.39 Å². The Hall–Kier alpha value is -2.08. The van der Waals surface area contributed by atoms with Crippen molar-refractivity contribution in [2.24, 2.45) is 0 Å². The number of nitrogens with one attached hydrogen (secondary N) is 1. The van der Waals surface area contributed by atoms with Gasteiger partial charge in [0.05, 0.1) is 5.25 Å². The Balaban J connectivity index is 1.79. The first-order valence-corrected chi connectivity index (χ1v) is 7.81. The molecule has 1 aromatic carbocycles. The topological polar surface area (TPSA) is 56.0 Å². The third-order valence-corrected chi connectivity index (χ3v) is 4.21. The molecule has 2 aromatic rings. The molecule has 0 aliphatic rings. The Labute approximate surface area is 132 Å². The fourth-order valence-electron chi connectivity index (χ4n) is 1.86. The van der Waals surface area contributed by atoms with E-state index >= 15 is 0 Å². The molecule has 0 fully saturated rings. The van der Waals surface area contributed by atoms with Gasteiger partial charge in [0.25, 0.3) is 5.03 Å². The number of rotatable bonds is 6. The first kappa shape index (κ1) is 16.3. The normalized spacial score (nSPS) is 11.9. The van der Waals surface area contributed by atoms with Crippen molar-refractivity contribution in [3.63, 3.8) is 0 Å². The second-order valence-electron chi connectivity index (χ2n) is 4.79. The summed E-state index contributed by atoms with van der Waals surface area (Å²) >= 11 is 1.22. The van der Waals surface area contributed by atoms with Crippen LogP contribution in [0.15, 0.2) is 53.7 Å². The van der Waals surface area contributed by atoms with E-state index in [1.807, 2.05) is 0 Å². The molecule has 22 heavy (non-hydrogen) atoms. The molecule has 0 radical (unpaired) electrons. The smallest absolute Gasteiger partial charge is 0.252 e. The predicted molar refractivity (Wildman–Crippen MR) is 83.8 cm³/mol. The molecule has 0 saturated carbocycles. The molecule has 1 atom stereocenters. The zero-order valence-electron chi connectivity index (χ0n) is 12.2. The second kappa shape index (κ2) is 7.79. The van der Waals surface area contributed by atoms with Gasteiger partial charge >= 0.3 is 0 Å². The largest absolute Gasteiger partial charge is 0.618 e. The standard InChI is InChI=1S/C16H17FN2O2S/c1-12(22-15-4-2-3-11-19(15)21)16(20)18-10-9-13-5-7-14(17)8-6-13/h2-8,11-12H,9-10H2,1H3,(H,18,20)/t12-/m0/s1. The average molecular weight is 320 g/mol. The summed E-state index contributed by atoms with van der Waals surface area (Å²) in [6, 6.07) is 11.3. The Morgan fingerprint density at radius 2 is 2.05 bits per heavy atom. The molecule has 0 spiro atoms. The van der Waals surface area contributed by atoms with Crippen LogP contribution < -0.4 is 10.0 Å². The zero-order valence-corrected chi connectivity index (χ0v) is 13.0. The van der Waals surface area contributed by atoms with Crippen molar-refractivity contribution in [3.8, 4) is 0 Å². The highest BCUT2D eigenvalue weighted by atomic mass is 32.2. The molecule has 1 aromatic heterocycles. The summed E-state index contributed by atoms with van der Waals surface area (Å²) in [6.07, 6.45) is 2.04. The molecule has 6 heteroatoms. The number of thioether (sulfide) groups is 1. The van der Waals surface area contributed by atoms with E-state index in [0.29, 0.717) is 18.0 Å². The molecule has 1 N–H and O–H groups in total. The zero-order chi connectivity index (χ0) is 15.9. The minimum atomic E-state index is -0.365. The molecular weight excluding hydrogens is 303 g/mol. The number of hydrogen-bond donors (Lipinski definition) is 1. The molecular formula is C16H17FN2O2S. The van der Waals surface area contributed by atoms with Gasteiger partial charge in [-0.05, 0) is 48.9 Å². The Morgan fingerprint density at radius 3 is 2.73 bits per heavy atom. The van der Waals surface area contributed by atoms with Crippen molar-refractivity contribution in [3.05, 3.63) is 65.2 Å². The van der Waals surface area contributed by atoms with E-state index in [9.17, 15) is 14.4 Å². The average Bonchev–Trinajstić information content (AvgIpc) is 2.51. The first-order chi connectivity index (χ1) is 10.6. The molecule has 1 heterocycles. The quantitative estimate of drug-likeness (QED) is 0.505. The number of aromatic nitrogens is 1. The molecule has 4 nitrogen and oxygen atoms in total. The summed E-state index contributed by atoms with van der Waals surface area (Å²) in [6.45, 7) is 2.23. The van der Waals surface area contributed by atoms with Crippen LogP contribution in [0.1, 0.15) is 12.5 Å². The van der Waals surface area contributed by atoms with Crippen molar-refractivity contribution < 1.29 is 13.9 Å². The van der Waals surface area contributed by atoms with E-state index in [4.69, 9.17) is 0 Å². The van der Waals surface area contributed by atoms with Crippen molar-refractivity contribution in [1.82, 2.24) is 5.32 Å². The molecule has 0 aliphatic carbocycles. The van der Waals surface area contributed by atoms with Gasteiger partial charge in [0.2, 0.25) is 5.91 Å². The minimum absolute atomic E-state index is 0.129. The molecule has 0 saturated heterocycles. The van der Waals surface area contributed by atoms with Gasteiger partial charge in [-0.1, -0.05) is 12.1 Å². The van der Waals surface area contributed by atoms with Gasteiger partial charge in [-0.2, -0.15) is 4.73 Å². The van der Waals surface area contributed by atoms with E-state index in [2.05, 4.69) is 5.32 Å². The third kappa shape index (κ3) is 4.73. The lowest BCUT2D eigenvalue weighted by molar-refractivity contribution is -0.645. The lowest BCUT2D eigenvalue weighted by Crippen LogP contribution is -2.34. The van der Waals surface area contributed by atoms with Crippen LogP contribution in [0.25, 0.3) is 0 Å². The van der Waals surface area contributed by atoms with Crippen LogP contribution in [0.2, 0.25) is 0 Å². The molecule has 0 unspecified atom stereocenters. The van der Waals surface area contributed by atoms with Gasteiger partial charge in [0, 0.05) is 18.7 Å². The number of pyridine rings is 1. The van der Waals surface area contributed by atoms with Gasteiger partial charge < -0.3 is 10.5 Å². The third-order valence-electron chi connectivity index (χ3n) is 3.08. The van der Waals surface area contributed by atoms with E-state index in [0.717, 1.165) is 10.3 Å². The maximum Gasteiger partial charge on any atom is 0.252 e. The van der Waals surface area contributed by atoms with Gasteiger partial charge in [-0.3, -0.25) is 4.79 Å². The SMILES string of the molecule is C[C@H](Sc1cccc[n+]1[O-])C(=O)NCCc1ccc(F)cc1. The van der Waals surface area contributed by atoms with Crippen LogP contribution in [0.4, 0.5) is 4.39 Å². The Bertz CT molecular complexity index is 634. The first-order valence-electron chi connectivity index (χ1n) is 6.93. The number of nitrogens with zero attached hydrogens (tertiary/aromatic N) is 1. The number of benzene rings is 1. The van der Waals surface area contributed by atoms with Crippen LogP contribution in [-0.4, -0.2) is 17.7 Å². The summed E-state index contributed by atoms with van der Waals surface area (Å²) < 4.78 is 13.5.